The van der Waals surface area contributed by atoms with Crippen LogP contribution < -0.4 is 11.5 Å². The fourth-order valence-electron chi connectivity index (χ4n) is 3.82. The van der Waals surface area contributed by atoms with E-state index in [2.05, 4.69) is 9.84 Å². The summed E-state index contributed by atoms with van der Waals surface area (Å²) in [6, 6.07) is 20.6. The first-order chi connectivity index (χ1) is 17.0. The maximum atomic E-state index is 13.4. The molecular weight excluding hydrogens is 438 g/mol. The summed E-state index contributed by atoms with van der Waals surface area (Å²) in [6.45, 7) is 9.95. The topological polar surface area (TPSA) is 98.3 Å². The van der Waals surface area contributed by atoms with E-state index in [1.54, 1.807) is 18.2 Å². The Balaban J connectivity index is 1.59. The molecular formula is C28H27N5O2. The largest absolute Gasteiger partial charge is 0.399 e. The molecule has 176 valence electrons. The van der Waals surface area contributed by atoms with E-state index in [1.807, 2.05) is 61.5 Å². The Bertz CT molecular complexity index is 1340. The number of carbonyl (C=O) groups excluding carboxylic acids is 1. The van der Waals surface area contributed by atoms with Gasteiger partial charge in [0.25, 0.3) is 5.91 Å². The van der Waals surface area contributed by atoms with E-state index in [0.717, 1.165) is 28.7 Å². The number of aliphatic imine (C=N–C) groups is 1. The van der Waals surface area contributed by atoms with Crippen LogP contribution in [0.25, 0.3) is 22.0 Å². The van der Waals surface area contributed by atoms with Crippen LogP contribution in [-0.4, -0.2) is 23.4 Å². The smallest absolute Gasteiger partial charge is 0.273 e. The molecule has 1 amide bonds. The number of nitrogens with zero attached hydrogens (tertiary/aromatic N) is 3. The molecule has 7 nitrogen and oxygen atoms in total. The number of rotatable bonds is 7. The Morgan fingerprint density at radius 3 is 2.60 bits per heavy atom. The third kappa shape index (κ3) is 5.75. The summed E-state index contributed by atoms with van der Waals surface area (Å²) in [5.41, 5.74) is 18.0. The Hall–Kier alpha value is -4.41. The SMILES string of the molecule is [C-]#[N+]c1cccc(-c2ccc3c(c2)N=C(N)CC(C(=O)N(CCC)OCc2ccc(N)cc2)=C3)c1. The average molecular weight is 466 g/mol. The zero-order chi connectivity index (χ0) is 24.8. The summed E-state index contributed by atoms with van der Waals surface area (Å²) < 4.78 is 0. The number of nitrogens with two attached hydrogens (primary N) is 2. The van der Waals surface area contributed by atoms with E-state index in [9.17, 15) is 4.79 Å². The number of fused-ring (bicyclic) bond motifs is 1. The van der Waals surface area contributed by atoms with Gasteiger partial charge in [0.1, 0.15) is 12.4 Å². The quantitative estimate of drug-likeness (QED) is 0.268. The minimum Gasteiger partial charge on any atom is -0.399 e. The Labute approximate surface area is 205 Å². The summed E-state index contributed by atoms with van der Waals surface area (Å²) in [6.07, 6.45) is 2.80. The number of amidine groups is 1. The van der Waals surface area contributed by atoms with Crippen LogP contribution in [0.2, 0.25) is 0 Å². The van der Waals surface area contributed by atoms with E-state index in [1.165, 1.54) is 5.06 Å². The zero-order valence-corrected chi connectivity index (χ0v) is 19.6. The van der Waals surface area contributed by atoms with Gasteiger partial charge in [-0.25, -0.2) is 14.9 Å². The molecule has 0 atom stereocenters. The van der Waals surface area contributed by atoms with E-state index in [4.69, 9.17) is 22.9 Å². The molecule has 0 bridgehead atoms. The molecule has 0 aliphatic carbocycles. The lowest BCUT2D eigenvalue weighted by Gasteiger charge is -2.22. The molecule has 35 heavy (non-hydrogen) atoms. The van der Waals surface area contributed by atoms with Crippen molar-refractivity contribution in [3.05, 3.63) is 94.8 Å². The third-order valence-electron chi connectivity index (χ3n) is 5.60. The van der Waals surface area contributed by atoms with Crippen molar-refractivity contribution in [3.63, 3.8) is 0 Å². The van der Waals surface area contributed by atoms with Crippen LogP contribution in [0, 0.1) is 6.57 Å². The Morgan fingerprint density at radius 1 is 1.09 bits per heavy atom. The minimum absolute atomic E-state index is 0.224. The molecule has 3 aromatic rings. The van der Waals surface area contributed by atoms with E-state index in [0.29, 0.717) is 35.0 Å². The van der Waals surface area contributed by atoms with Gasteiger partial charge in [-0.3, -0.25) is 9.63 Å². The molecule has 1 heterocycles. The van der Waals surface area contributed by atoms with Gasteiger partial charge in [0.05, 0.1) is 12.3 Å². The van der Waals surface area contributed by atoms with Gasteiger partial charge in [0.15, 0.2) is 5.69 Å². The summed E-state index contributed by atoms with van der Waals surface area (Å²) in [7, 11) is 0. The van der Waals surface area contributed by atoms with Gasteiger partial charge in [0.2, 0.25) is 0 Å². The summed E-state index contributed by atoms with van der Waals surface area (Å²) in [5, 5.41) is 1.39. The highest BCUT2D eigenvalue weighted by molar-refractivity contribution is 6.05. The maximum absolute atomic E-state index is 13.4. The number of benzene rings is 3. The predicted molar refractivity (Wildman–Crippen MR) is 140 cm³/mol. The normalized spacial score (nSPS) is 12.6. The number of nitrogen functional groups attached to an aromatic ring is 1. The number of hydroxylamine groups is 2. The molecule has 1 aliphatic heterocycles. The molecule has 1 aliphatic rings. The molecule has 7 heteroatoms. The fourth-order valence-corrected chi connectivity index (χ4v) is 3.82. The second-order valence-electron chi connectivity index (χ2n) is 8.31. The van der Waals surface area contributed by atoms with Gasteiger partial charge >= 0.3 is 0 Å². The van der Waals surface area contributed by atoms with E-state index >= 15 is 0 Å². The molecule has 0 spiro atoms. The molecule has 0 aromatic heterocycles. The maximum Gasteiger partial charge on any atom is 0.273 e. The Morgan fingerprint density at radius 2 is 1.86 bits per heavy atom. The van der Waals surface area contributed by atoms with E-state index in [-0.39, 0.29) is 18.9 Å². The first-order valence-corrected chi connectivity index (χ1v) is 11.4. The predicted octanol–water partition coefficient (Wildman–Crippen LogP) is 5.63. The number of hydrogen-bond donors (Lipinski definition) is 2. The van der Waals surface area contributed by atoms with Crippen molar-refractivity contribution >= 4 is 34.9 Å². The number of carbonyl (C=O) groups is 1. The lowest BCUT2D eigenvalue weighted by molar-refractivity contribution is -0.187. The van der Waals surface area contributed by atoms with Crippen molar-refractivity contribution in [1.82, 2.24) is 5.06 Å². The lowest BCUT2D eigenvalue weighted by Crippen LogP contribution is -2.34. The van der Waals surface area contributed by atoms with Crippen molar-refractivity contribution in [3.8, 4) is 11.1 Å². The molecule has 3 aromatic carbocycles. The van der Waals surface area contributed by atoms with E-state index < -0.39 is 0 Å². The number of amides is 1. The van der Waals surface area contributed by atoms with Crippen molar-refractivity contribution in [2.45, 2.75) is 26.4 Å². The van der Waals surface area contributed by atoms with Crippen molar-refractivity contribution < 1.29 is 9.63 Å². The highest BCUT2D eigenvalue weighted by Gasteiger charge is 2.22. The molecule has 0 radical (unpaired) electrons. The van der Waals surface area contributed by atoms with Gasteiger partial charge in [-0.05, 0) is 53.5 Å². The molecule has 0 fully saturated rings. The monoisotopic (exact) mass is 465 g/mol. The second kappa shape index (κ2) is 10.7. The van der Waals surface area contributed by atoms with Gasteiger partial charge in [-0.1, -0.05) is 49.4 Å². The molecule has 0 saturated heterocycles. The van der Waals surface area contributed by atoms with Crippen LogP contribution in [-0.2, 0) is 16.2 Å². The Kier molecular flexibility index (Phi) is 7.24. The van der Waals surface area contributed by atoms with Crippen LogP contribution in [0.5, 0.6) is 0 Å². The third-order valence-corrected chi connectivity index (χ3v) is 5.60. The molecule has 4 rings (SSSR count). The first kappa shape index (κ1) is 23.7. The second-order valence-corrected chi connectivity index (χ2v) is 8.31. The number of anilines is 1. The minimum atomic E-state index is -0.234. The van der Waals surface area contributed by atoms with Crippen LogP contribution in [0.1, 0.15) is 30.9 Å². The highest BCUT2D eigenvalue weighted by Crippen LogP contribution is 2.33. The molecule has 0 unspecified atom stereocenters. The van der Waals surface area contributed by atoms with Crippen molar-refractivity contribution in [1.29, 1.82) is 0 Å². The van der Waals surface area contributed by atoms with Crippen molar-refractivity contribution in [2.75, 3.05) is 12.3 Å². The van der Waals surface area contributed by atoms with Crippen LogP contribution in [0.3, 0.4) is 0 Å². The summed E-state index contributed by atoms with van der Waals surface area (Å²) >= 11 is 0. The van der Waals surface area contributed by atoms with Crippen molar-refractivity contribution in [2.24, 2.45) is 10.7 Å². The average Bonchev–Trinajstić information content (AvgIpc) is 3.04. The van der Waals surface area contributed by atoms with Crippen LogP contribution >= 0.6 is 0 Å². The standard InChI is InChI=1S/C28H27N5O2/c1-3-13-33(35-18-19-7-11-24(29)12-8-19)28(34)23-14-22-10-9-21(16-26(22)32-27(30)17-23)20-5-4-6-25(15-20)31-2/h4-12,14-16H,3,13,17-18,29H2,1H3,(H2,30,32). The van der Waals surface area contributed by atoms with Crippen LogP contribution in [0.4, 0.5) is 17.1 Å². The summed E-state index contributed by atoms with van der Waals surface area (Å²) in [4.78, 5) is 27.4. The van der Waals surface area contributed by atoms with Gasteiger partial charge in [0, 0.05) is 29.8 Å². The highest BCUT2D eigenvalue weighted by atomic mass is 16.7. The summed E-state index contributed by atoms with van der Waals surface area (Å²) in [5.74, 6) is 0.118. The number of hydrogen-bond acceptors (Lipinski definition) is 5. The fraction of sp³-hybridized carbons (Fsp3) is 0.179. The first-order valence-electron chi connectivity index (χ1n) is 11.4. The molecule has 4 N–H and O–H groups in total. The van der Waals surface area contributed by atoms with Gasteiger partial charge in [-0.2, -0.15) is 0 Å². The van der Waals surface area contributed by atoms with Gasteiger partial charge in [-0.15, -0.1) is 0 Å². The lowest BCUT2D eigenvalue weighted by atomic mass is 10.0. The van der Waals surface area contributed by atoms with Crippen LogP contribution in [0.15, 0.2) is 77.3 Å². The van der Waals surface area contributed by atoms with Gasteiger partial charge < -0.3 is 11.5 Å². The molecule has 0 saturated carbocycles. The zero-order valence-electron chi connectivity index (χ0n) is 19.6.